The number of aromatic nitrogens is 7. The standard InChI is InChI=1S/C17H22N8/c1-13-5-3-6-14(2)17(13)25-16(20-21-22-25)10-23-8-4-7-15(23)9-24-12-18-11-19-24/h3,5-6,11-12,15H,4,7-10H2,1-2H3/t15-/m0/s1. The Morgan fingerprint density at radius 1 is 1.20 bits per heavy atom. The van der Waals surface area contributed by atoms with Gasteiger partial charge in [0.15, 0.2) is 5.82 Å². The molecule has 0 spiro atoms. The van der Waals surface area contributed by atoms with Crippen LogP contribution in [0.3, 0.4) is 0 Å². The van der Waals surface area contributed by atoms with Crippen molar-refractivity contribution in [1.82, 2.24) is 39.9 Å². The van der Waals surface area contributed by atoms with Gasteiger partial charge in [-0.05, 0) is 54.8 Å². The molecular formula is C17H22N8. The van der Waals surface area contributed by atoms with Crippen LogP contribution in [0.2, 0.25) is 0 Å². The van der Waals surface area contributed by atoms with Gasteiger partial charge in [-0.2, -0.15) is 9.78 Å². The van der Waals surface area contributed by atoms with Crippen molar-refractivity contribution in [3.63, 3.8) is 0 Å². The Morgan fingerprint density at radius 3 is 2.80 bits per heavy atom. The normalized spacial score (nSPS) is 18.1. The SMILES string of the molecule is Cc1cccc(C)c1-n1nnnc1CN1CCC[C@H]1Cn1cncn1. The van der Waals surface area contributed by atoms with Crippen LogP contribution in [0.5, 0.6) is 0 Å². The van der Waals surface area contributed by atoms with Gasteiger partial charge in [-0.15, -0.1) is 5.10 Å². The summed E-state index contributed by atoms with van der Waals surface area (Å²) >= 11 is 0. The van der Waals surface area contributed by atoms with Crippen LogP contribution in [0.25, 0.3) is 5.69 Å². The summed E-state index contributed by atoms with van der Waals surface area (Å²) in [6, 6.07) is 6.69. The summed E-state index contributed by atoms with van der Waals surface area (Å²) in [6.07, 6.45) is 5.70. The minimum Gasteiger partial charge on any atom is -0.291 e. The van der Waals surface area contributed by atoms with E-state index in [2.05, 4.69) is 62.6 Å². The molecule has 3 heterocycles. The van der Waals surface area contributed by atoms with E-state index in [4.69, 9.17) is 0 Å². The van der Waals surface area contributed by atoms with Gasteiger partial charge in [0.1, 0.15) is 12.7 Å². The summed E-state index contributed by atoms with van der Waals surface area (Å²) in [7, 11) is 0. The second-order valence-corrected chi connectivity index (χ2v) is 6.63. The van der Waals surface area contributed by atoms with Gasteiger partial charge in [-0.25, -0.2) is 4.98 Å². The van der Waals surface area contributed by atoms with Crippen molar-refractivity contribution < 1.29 is 0 Å². The van der Waals surface area contributed by atoms with Crippen molar-refractivity contribution in [3.05, 3.63) is 47.8 Å². The van der Waals surface area contributed by atoms with Crippen LogP contribution in [0.1, 0.15) is 29.8 Å². The number of tetrazole rings is 1. The summed E-state index contributed by atoms with van der Waals surface area (Å²) in [5.41, 5.74) is 3.43. The molecule has 1 saturated heterocycles. The zero-order valence-electron chi connectivity index (χ0n) is 14.6. The minimum absolute atomic E-state index is 0.435. The number of hydrogen-bond donors (Lipinski definition) is 0. The lowest BCUT2D eigenvalue weighted by Gasteiger charge is -2.23. The molecule has 0 N–H and O–H groups in total. The molecule has 0 aliphatic carbocycles. The molecule has 3 aromatic rings. The predicted octanol–water partition coefficient (Wildman–Crippen LogP) is 1.54. The van der Waals surface area contributed by atoms with Gasteiger partial charge in [0.2, 0.25) is 0 Å². The molecule has 1 aliphatic rings. The predicted molar refractivity (Wildman–Crippen MR) is 92.1 cm³/mol. The lowest BCUT2D eigenvalue weighted by atomic mass is 10.1. The number of para-hydroxylation sites is 1. The fourth-order valence-electron chi connectivity index (χ4n) is 3.65. The van der Waals surface area contributed by atoms with E-state index in [1.807, 2.05) is 9.36 Å². The lowest BCUT2D eigenvalue weighted by molar-refractivity contribution is 0.212. The zero-order valence-corrected chi connectivity index (χ0v) is 14.6. The third-order valence-corrected chi connectivity index (χ3v) is 4.89. The quantitative estimate of drug-likeness (QED) is 0.702. The maximum Gasteiger partial charge on any atom is 0.170 e. The molecular weight excluding hydrogens is 316 g/mol. The molecule has 130 valence electrons. The highest BCUT2D eigenvalue weighted by molar-refractivity contribution is 5.46. The van der Waals surface area contributed by atoms with Gasteiger partial charge in [0.05, 0.1) is 18.8 Å². The highest BCUT2D eigenvalue weighted by Gasteiger charge is 2.27. The van der Waals surface area contributed by atoms with Crippen LogP contribution in [0.4, 0.5) is 0 Å². The van der Waals surface area contributed by atoms with Crippen LogP contribution in [-0.4, -0.2) is 52.5 Å². The smallest absolute Gasteiger partial charge is 0.170 e. The Bertz CT molecular complexity index is 818. The molecule has 0 bridgehead atoms. The maximum absolute atomic E-state index is 4.30. The van der Waals surface area contributed by atoms with Crippen molar-refractivity contribution in [3.8, 4) is 5.69 Å². The van der Waals surface area contributed by atoms with E-state index >= 15 is 0 Å². The van der Waals surface area contributed by atoms with Crippen LogP contribution >= 0.6 is 0 Å². The summed E-state index contributed by atoms with van der Waals surface area (Å²) < 4.78 is 3.78. The summed E-state index contributed by atoms with van der Waals surface area (Å²) in [4.78, 5) is 6.48. The Hall–Kier alpha value is -2.61. The van der Waals surface area contributed by atoms with Crippen molar-refractivity contribution in [1.29, 1.82) is 0 Å². The Morgan fingerprint density at radius 2 is 2.04 bits per heavy atom. The number of likely N-dealkylation sites (tertiary alicyclic amines) is 1. The van der Waals surface area contributed by atoms with Crippen molar-refractivity contribution in [2.24, 2.45) is 0 Å². The van der Waals surface area contributed by atoms with E-state index in [0.717, 1.165) is 37.6 Å². The van der Waals surface area contributed by atoms with E-state index in [-0.39, 0.29) is 0 Å². The van der Waals surface area contributed by atoms with Crippen LogP contribution < -0.4 is 0 Å². The first-order chi connectivity index (χ1) is 12.2. The van der Waals surface area contributed by atoms with E-state index in [0.29, 0.717) is 6.04 Å². The number of nitrogens with zero attached hydrogens (tertiary/aromatic N) is 8. The number of rotatable bonds is 5. The molecule has 2 aromatic heterocycles. The molecule has 1 aliphatic heterocycles. The fraction of sp³-hybridized carbons (Fsp3) is 0.471. The Kier molecular flexibility index (Phi) is 4.27. The Balaban J connectivity index is 1.56. The third kappa shape index (κ3) is 3.17. The lowest BCUT2D eigenvalue weighted by Crippen LogP contribution is -2.33. The molecule has 1 aromatic carbocycles. The van der Waals surface area contributed by atoms with Crippen molar-refractivity contribution in [2.45, 2.75) is 45.8 Å². The molecule has 1 atom stereocenters. The largest absolute Gasteiger partial charge is 0.291 e. The highest BCUT2D eigenvalue weighted by Crippen LogP contribution is 2.23. The molecule has 1 fully saturated rings. The Labute approximate surface area is 146 Å². The van der Waals surface area contributed by atoms with Crippen LogP contribution in [0.15, 0.2) is 30.9 Å². The third-order valence-electron chi connectivity index (χ3n) is 4.89. The number of benzene rings is 1. The van der Waals surface area contributed by atoms with Gasteiger partial charge in [-0.1, -0.05) is 18.2 Å². The van der Waals surface area contributed by atoms with Crippen LogP contribution in [-0.2, 0) is 13.1 Å². The second kappa shape index (κ2) is 6.72. The molecule has 8 heteroatoms. The number of hydrogen-bond acceptors (Lipinski definition) is 6. The maximum atomic E-state index is 4.30. The molecule has 25 heavy (non-hydrogen) atoms. The highest BCUT2D eigenvalue weighted by atomic mass is 15.6. The van der Waals surface area contributed by atoms with E-state index in [1.165, 1.54) is 17.5 Å². The van der Waals surface area contributed by atoms with E-state index in [9.17, 15) is 0 Å². The summed E-state index contributed by atoms with van der Waals surface area (Å²) in [5.74, 6) is 0.878. The molecule has 4 rings (SSSR count). The van der Waals surface area contributed by atoms with Gasteiger partial charge in [0.25, 0.3) is 0 Å². The average molecular weight is 338 g/mol. The monoisotopic (exact) mass is 338 g/mol. The van der Waals surface area contributed by atoms with Gasteiger partial charge in [0, 0.05) is 6.04 Å². The first-order valence-corrected chi connectivity index (χ1v) is 8.62. The zero-order chi connectivity index (χ0) is 17.2. The average Bonchev–Trinajstić information content (AvgIpc) is 3.32. The summed E-state index contributed by atoms with van der Waals surface area (Å²) in [5, 5.41) is 16.7. The topological polar surface area (TPSA) is 77.5 Å². The molecule has 0 amide bonds. The van der Waals surface area contributed by atoms with Gasteiger partial charge in [-0.3, -0.25) is 9.58 Å². The van der Waals surface area contributed by atoms with E-state index in [1.54, 1.807) is 12.7 Å². The molecule has 0 saturated carbocycles. The van der Waals surface area contributed by atoms with Gasteiger partial charge >= 0.3 is 0 Å². The molecule has 0 unspecified atom stereocenters. The molecule has 8 nitrogen and oxygen atoms in total. The fourth-order valence-corrected chi connectivity index (χ4v) is 3.65. The molecule has 0 radical (unpaired) electrons. The number of aryl methyl sites for hydroxylation is 2. The second-order valence-electron chi connectivity index (χ2n) is 6.63. The first kappa shape index (κ1) is 15.9. The first-order valence-electron chi connectivity index (χ1n) is 8.62. The van der Waals surface area contributed by atoms with Crippen molar-refractivity contribution >= 4 is 0 Å². The minimum atomic E-state index is 0.435. The van der Waals surface area contributed by atoms with E-state index < -0.39 is 0 Å². The summed E-state index contributed by atoms with van der Waals surface area (Å²) in [6.45, 7) is 6.83. The van der Waals surface area contributed by atoms with Crippen LogP contribution in [0, 0.1) is 13.8 Å². The van der Waals surface area contributed by atoms with Gasteiger partial charge < -0.3 is 0 Å². The van der Waals surface area contributed by atoms with Crippen molar-refractivity contribution in [2.75, 3.05) is 6.54 Å².